The number of carbonyl (C=O) groups excluding carboxylic acids is 2. The lowest BCUT2D eigenvalue weighted by Crippen LogP contribution is -2.22. The largest absolute Gasteiger partial charge is 0.465 e. The Labute approximate surface area is 123 Å². The van der Waals surface area contributed by atoms with Gasteiger partial charge in [0.1, 0.15) is 0 Å². The molecular formula is C17H17NO3. The molecule has 0 atom stereocenters. The topological polar surface area (TPSA) is 55.4 Å². The molecule has 0 aliphatic carbocycles. The average molecular weight is 283 g/mol. The van der Waals surface area contributed by atoms with Gasteiger partial charge >= 0.3 is 5.97 Å². The first-order chi connectivity index (χ1) is 10.2. The molecule has 0 radical (unpaired) electrons. The van der Waals surface area contributed by atoms with Gasteiger partial charge in [-0.05, 0) is 17.7 Å². The zero-order valence-electron chi connectivity index (χ0n) is 11.8. The van der Waals surface area contributed by atoms with Gasteiger partial charge in [0.2, 0.25) is 0 Å². The van der Waals surface area contributed by atoms with Crippen LogP contribution < -0.4 is 5.32 Å². The SMILES string of the molecule is COC(=O)c1ccc(CNCC(=O)c2ccccc2)cc1. The fourth-order valence-corrected chi connectivity index (χ4v) is 1.92. The second-order valence-corrected chi connectivity index (χ2v) is 4.58. The van der Waals surface area contributed by atoms with Crippen molar-refractivity contribution in [3.8, 4) is 0 Å². The van der Waals surface area contributed by atoms with E-state index in [-0.39, 0.29) is 18.3 Å². The summed E-state index contributed by atoms with van der Waals surface area (Å²) in [6.45, 7) is 0.850. The van der Waals surface area contributed by atoms with Crippen molar-refractivity contribution in [1.29, 1.82) is 0 Å². The highest BCUT2D eigenvalue weighted by Gasteiger charge is 2.06. The number of nitrogens with one attached hydrogen (secondary N) is 1. The molecule has 0 saturated carbocycles. The Bertz CT molecular complexity index is 606. The molecule has 4 nitrogen and oxygen atoms in total. The maximum absolute atomic E-state index is 11.9. The van der Waals surface area contributed by atoms with E-state index in [9.17, 15) is 9.59 Å². The predicted octanol–water partition coefficient (Wildman–Crippen LogP) is 2.45. The van der Waals surface area contributed by atoms with Gasteiger partial charge in [0.25, 0.3) is 0 Å². The monoisotopic (exact) mass is 283 g/mol. The van der Waals surface area contributed by atoms with Crippen molar-refractivity contribution < 1.29 is 14.3 Å². The van der Waals surface area contributed by atoms with Gasteiger partial charge in [-0.25, -0.2) is 4.79 Å². The van der Waals surface area contributed by atoms with E-state index in [1.54, 1.807) is 24.3 Å². The Morgan fingerprint density at radius 1 is 0.952 bits per heavy atom. The number of hydrogen-bond acceptors (Lipinski definition) is 4. The van der Waals surface area contributed by atoms with Crippen molar-refractivity contribution >= 4 is 11.8 Å². The summed E-state index contributed by atoms with van der Waals surface area (Å²) >= 11 is 0. The zero-order valence-corrected chi connectivity index (χ0v) is 11.8. The van der Waals surface area contributed by atoms with Crippen LogP contribution in [0.1, 0.15) is 26.3 Å². The van der Waals surface area contributed by atoms with E-state index in [4.69, 9.17) is 0 Å². The van der Waals surface area contributed by atoms with Crippen LogP contribution in [-0.4, -0.2) is 25.4 Å². The van der Waals surface area contributed by atoms with Crippen LogP contribution >= 0.6 is 0 Å². The maximum Gasteiger partial charge on any atom is 0.337 e. The fraction of sp³-hybridized carbons (Fsp3) is 0.176. The Morgan fingerprint density at radius 2 is 1.62 bits per heavy atom. The van der Waals surface area contributed by atoms with Crippen molar-refractivity contribution in [3.05, 3.63) is 71.3 Å². The smallest absolute Gasteiger partial charge is 0.337 e. The second-order valence-electron chi connectivity index (χ2n) is 4.58. The van der Waals surface area contributed by atoms with Gasteiger partial charge in [0.05, 0.1) is 19.2 Å². The molecule has 0 aliphatic rings. The molecule has 0 fully saturated rings. The van der Waals surface area contributed by atoms with E-state index in [2.05, 4.69) is 10.1 Å². The molecule has 1 N–H and O–H groups in total. The number of Topliss-reactive ketones (excluding diaryl/α,β-unsaturated/α-hetero) is 1. The summed E-state index contributed by atoms with van der Waals surface area (Å²) in [5.41, 5.74) is 2.22. The average Bonchev–Trinajstić information content (AvgIpc) is 2.55. The van der Waals surface area contributed by atoms with Crippen molar-refractivity contribution in [2.45, 2.75) is 6.54 Å². The van der Waals surface area contributed by atoms with Crippen LogP contribution in [0, 0.1) is 0 Å². The Morgan fingerprint density at radius 3 is 2.24 bits per heavy atom. The Hall–Kier alpha value is -2.46. The van der Waals surface area contributed by atoms with Gasteiger partial charge in [-0.1, -0.05) is 42.5 Å². The van der Waals surface area contributed by atoms with E-state index in [0.717, 1.165) is 5.56 Å². The minimum Gasteiger partial charge on any atom is -0.465 e. The van der Waals surface area contributed by atoms with Crippen LogP contribution in [0.2, 0.25) is 0 Å². The molecule has 2 rings (SSSR count). The first-order valence-corrected chi connectivity index (χ1v) is 6.67. The molecule has 108 valence electrons. The number of carbonyl (C=O) groups is 2. The number of benzene rings is 2. The summed E-state index contributed by atoms with van der Waals surface area (Å²) in [4.78, 5) is 23.2. The van der Waals surface area contributed by atoms with E-state index >= 15 is 0 Å². The summed E-state index contributed by atoms with van der Waals surface area (Å²) in [5.74, 6) is -0.296. The lowest BCUT2D eigenvalue weighted by molar-refractivity contribution is 0.0600. The number of ether oxygens (including phenoxy) is 1. The summed E-state index contributed by atoms with van der Waals surface area (Å²) in [6.07, 6.45) is 0. The summed E-state index contributed by atoms with van der Waals surface area (Å²) in [5, 5.41) is 3.10. The molecular weight excluding hydrogens is 266 g/mol. The van der Waals surface area contributed by atoms with Crippen LogP contribution in [0.4, 0.5) is 0 Å². The van der Waals surface area contributed by atoms with Gasteiger partial charge in [0, 0.05) is 12.1 Å². The minimum absolute atomic E-state index is 0.0572. The third kappa shape index (κ3) is 4.26. The predicted molar refractivity (Wildman–Crippen MR) is 80.3 cm³/mol. The number of hydrogen-bond donors (Lipinski definition) is 1. The molecule has 0 heterocycles. The first kappa shape index (κ1) is 14.9. The minimum atomic E-state index is -0.353. The van der Waals surface area contributed by atoms with Crippen molar-refractivity contribution in [1.82, 2.24) is 5.32 Å². The maximum atomic E-state index is 11.9. The lowest BCUT2D eigenvalue weighted by atomic mass is 10.1. The molecule has 0 aromatic heterocycles. The Kier molecular flexibility index (Phi) is 5.23. The molecule has 0 spiro atoms. The van der Waals surface area contributed by atoms with Gasteiger partial charge < -0.3 is 10.1 Å². The molecule has 0 unspecified atom stereocenters. The number of esters is 1. The van der Waals surface area contributed by atoms with E-state index in [1.165, 1.54) is 7.11 Å². The highest BCUT2D eigenvalue weighted by atomic mass is 16.5. The number of methoxy groups -OCH3 is 1. The molecule has 2 aromatic rings. The van der Waals surface area contributed by atoms with E-state index in [1.807, 2.05) is 30.3 Å². The summed E-state index contributed by atoms with van der Waals surface area (Å²) in [6, 6.07) is 16.3. The van der Waals surface area contributed by atoms with Crippen molar-refractivity contribution in [3.63, 3.8) is 0 Å². The molecule has 2 aromatic carbocycles. The number of rotatable bonds is 6. The van der Waals surface area contributed by atoms with Crippen molar-refractivity contribution in [2.24, 2.45) is 0 Å². The van der Waals surface area contributed by atoms with E-state index in [0.29, 0.717) is 17.7 Å². The molecule has 0 saturated heterocycles. The van der Waals surface area contributed by atoms with Crippen molar-refractivity contribution in [2.75, 3.05) is 13.7 Å². The van der Waals surface area contributed by atoms with Crippen LogP contribution in [0.5, 0.6) is 0 Å². The quantitative estimate of drug-likeness (QED) is 0.653. The molecule has 21 heavy (non-hydrogen) atoms. The number of ketones is 1. The van der Waals surface area contributed by atoms with E-state index < -0.39 is 0 Å². The van der Waals surface area contributed by atoms with Gasteiger partial charge in [0.15, 0.2) is 5.78 Å². The molecule has 4 heteroatoms. The molecule has 0 aliphatic heterocycles. The standard InChI is InChI=1S/C17H17NO3/c1-21-17(20)15-9-7-13(8-10-15)11-18-12-16(19)14-5-3-2-4-6-14/h2-10,18H,11-12H2,1H3. The molecule has 0 amide bonds. The van der Waals surface area contributed by atoms with Crippen LogP contribution in [0.15, 0.2) is 54.6 Å². The zero-order chi connectivity index (χ0) is 15.1. The lowest BCUT2D eigenvalue weighted by Gasteiger charge is -2.05. The Balaban J connectivity index is 1.84. The van der Waals surface area contributed by atoms with Crippen LogP contribution in [0.25, 0.3) is 0 Å². The van der Waals surface area contributed by atoms with Crippen LogP contribution in [-0.2, 0) is 11.3 Å². The summed E-state index contributed by atoms with van der Waals surface area (Å²) < 4.78 is 4.64. The van der Waals surface area contributed by atoms with Gasteiger partial charge in [-0.15, -0.1) is 0 Å². The third-order valence-corrected chi connectivity index (χ3v) is 3.09. The van der Waals surface area contributed by atoms with Gasteiger partial charge in [-0.3, -0.25) is 4.79 Å². The summed E-state index contributed by atoms with van der Waals surface area (Å²) in [7, 11) is 1.35. The normalized spacial score (nSPS) is 10.1. The van der Waals surface area contributed by atoms with Gasteiger partial charge in [-0.2, -0.15) is 0 Å². The third-order valence-electron chi connectivity index (χ3n) is 3.09. The van der Waals surface area contributed by atoms with Crippen LogP contribution in [0.3, 0.4) is 0 Å². The molecule has 0 bridgehead atoms. The first-order valence-electron chi connectivity index (χ1n) is 6.67. The highest BCUT2D eigenvalue weighted by molar-refractivity contribution is 5.97. The second kappa shape index (κ2) is 7.36. The highest BCUT2D eigenvalue weighted by Crippen LogP contribution is 2.06. The fourth-order valence-electron chi connectivity index (χ4n) is 1.92.